The number of rotatable bonds is 4. The highest BCUT2D eigenvalue weighted by Crippen LogP contribution is 2.29. The van der Waals surface area contributed by atoms with Gasteiger partial charge in [-0.05, 0) is 30.5 Å². The lowest BCUT2D eigenvalue weighted by Crippen LogP contribution is -2.49. The summed E-state index contributed by atoms with van der Waals surface area (Å²) in [7, 11) is -3.78. The largest absolute Gasteiger partial charge is 0.298 e. The molecule has 1 heterocycles. The lowest BCUT2D eigenvalue weighted by atomic mass is 10.2. The van der Waals surface area contributed by atoms with E-state index in [0.29, 0.717) is 24.7 Å². The Morgan fingerprint density at radius 3 is 2.43 bits per heavy atom. The number of hydrogen-bond acceptors (Lipinski definition) is 3. The van der Waals surface area contributed by atoms with Crippen LogP contribution >= 0.6 is 11.6 Å². The molecule has 2 aliphatic rings. The zero-order valence-electron chi connectivity index (χ0n) is 11.6. The Hall–Kier alpha value is -0.690. The summed E-state index contributed by atoms with van der Waals surface area (Å²) in [5.74, 6) is -0.549. The first kappa shape index (κ1) is 15.2. The van der Waals surface area contributed by atoms with Crippen LogP contribution in [0.4, 0.5) is 4.39 Å². The molecule has 116 valence electrons. The Labute approximate surface area is 129 Å². The Bertz CT molecular complexity index is 626. The van der Waals surface area contributed by atoms with Crippen molar-refractivity contribution < 1.29 is 12.8 Å². The molecular weight excluding hydrogens is 315 g/mol. The van der Waals surface area contributed by atoms with E-state index in [1.807, 2.05) is 0 Å². The zero-order chi connectivity index (χ0) is 15.0. The smallest absolute Gasteiger partial charge is 0.246 e. The summed E-state index contributed by atoms with van der Waals surface area (Å²) in [5, 5.41) is 0. The summed E-state index contributed by atoms with van der Waals surface area (Å²) in [5.41, 5.74) is 0.605. The van der Waals surface area contributed by atoms with Crippen molar-refractivity contribution in [3.8, 4) is 0 Å². The Morgan fingerprint density at radius 1 is 1.19 bits per heavy atom. The standard InChI is InChI=1S/C14H18ClFN2O2S/c15-10-11-1-4-13(16)14(9-11)21(19,20)18-7-5-17(6-8-18)12-2-3-12/h1,4,9,12H,2-3,5-8,10H2. The van der Waals surface area contributed by atoms with Crippen LogP contribution in [0.3, 0.4) is 0 Å². The van der Waals surface area contributed by atoms with Crippen molar-refractivity contribution in [2.75, 3.05) is 26.2 Å². The molecule has 0 spiro atoms. The van der Waals surface area contributed by atoms with Crippen molar-refractivity contribution in [2.45, 2.75) is 29.7 Å². The van der Waals surface area contributed by atoms with Crippen LogP contribution in [-0.2, 0) is 15.9 Å². The molecule has 0 radical (unpaired) electrons. The van der Waals surface area contributed by atoms with Gasteiger partial charge >= 0.3 is 0 Å². The van der Waals surface area contributed by atoms with Crippen molar-refractivity contribution in [3.05, 3.63) is 29.6 Å². The van der Waals surface area contributed by atoms with Crippen LogP contribution < -0.4 is 0 Å². The summed E-state index contributed by atoms with van der Waals surface area (Å²) in [4.78, 5) is 2.05. The fourth-order valence-electron chi connectivity index (χ4n) is 2.72. The van der Waals surface area contributed by atoms with E-state index in [9.17, 15) is 12.8 Å². The van der Waals surface area contributed by atoms with Crippen LogP contribution in [0.2, 0.25) is 0 Å². The molecule has 0 unspecified atom stereocenters. The second kappa shape index (κ2) is 5.83. The van der Waals surface area contributed by atoms with Crippen LogP contribution in [0, 0.1) is 5.82 Å². The van der Waals surface area contributed by atoms with E-state index in [2.05, 4.69) is 4.90 Å². The maximum absolute atomic E-state index is 13.9. The van der Waals surface area contributed by atoms with E-state index >= 15 is 0 Å². The van der Waals surface area contributed by atoms with Crippen LogP contribution in [0.15, 0.2) is 23.1 Å². The molecule has 1 saturated carbocycles. The molecule has 1 aromatic rings. The van der Waals surface area contributed by atoms with Crippen molar-refractivity contribution >= 4 is 21.6 Å². The molecule has 0 atom stereocenters. The molecule has 0 amide bonds. The van der Waals surface area contributed by atoms with E-state index in [-0.39, 0.29) is 10.8 Å². The molecule has 1 aliphatic heterocycles. The SMILES string of the molecule is O=S(=O)(c1cc(CCl)ccc1F)N1CCN(C2CC2)CC1. The summed E-state index contributed by atoms with van der Waals surface area (Å²) in [6, 6.07) is 4.65. The Morgan fingerprint density at radius 2 is 1.86 bits per heavy atom. The quantitative estimate of drug-likeness (QED) is 0.792. The third-order valence-corrected chi connectivity index (χ3v) is 6.33. The van der Waals surface area contributed by atoms with Crippen molar-refractivity contribution in [1.82, 2.24) is 9.21 Å². The minimum atomic E-state index is -3.78. The van der Waals surface area contributed by atoms with Gasteiger partial charge in [-0.3, -0.25) is 4.90 Å². The number of sulfonamides is 1. The molecule has 2 fully saturated rings. The number of halogens is 2. The van der Waals surface area contributed by atoms with Crippen LogP contribution in [0.5, 0.6) is 0 Å². The second-order valence-corrected chi connectivity index (χ2v) is 7.74. The van der Waals surface area contributed by atoms with Crippen LogP contribution in [-0.4, -0.2) is 49.8 Å². The molecule has 7 heteroatoms. The molecule has 1 saturated heterocycles. The predicted octanol–water partition coefficient (Wildman–Crippen LogP) is 2.03. The molecule has 0 bridgehead atoms. The van der Waals surface area contributed by atoms with Crippen LogP contribution in [0.25, 0.3) is 0 Å². The summed E-state index contributed by atoms with van der Waals surface area (Å²) >= 11 is 5.71. The summed E-state index contributed by atoms with van der Waals surface area (Å²) < 4.78 is 40.5. The monoisotopic (exact) mass is 332 g/mol. The Balaban J connectivity index is 1.80. The number of nitrogens with zero attached hydrogens (tertiary/aromatic N) is 2. The first-order valence-corrected chi connectivity index (χ1v) is 9.08. The maximum atomic E-state index is 13.9. The topological polar surface area (TPSA) is 40.6 Å². The van der Waals surface area contributed by atoms with E-state index in [1.165, 1.54) is 35.3 Å². The average Bonchev–Trinajstić information content (AvgIpc) is 3.32. The second-order valence-electron chi connectivity index (χ2n) is 5.57. The van der Waals surface area contributed by atoms with E-state index in [0.717, 1.165) is 13.1 Å². The molecule has 0 aromatic heterocycles. The summed E-state index contributed by atoms with van der Waals surface area (Å²) in [6.07, 6.45) is 2.41. The van der Waals surface area contributed by atoms with Gasteiger partial charge in [-0.15, -0.1) is 11.6 Å². The molecule has 1 aromatic carbocycles. The molecule has 3 rings (SSSR count). The highest BCUT2D eigenvalue weighted by atomic mass is 35.5. The van der Waals surface area contributed by atoms with Gasteiger partial charge in [0.1, 0.15) is 10.7 Å². The molecular formula is C14H18ClFN2O2S. The lowest BCUT2D eigenvalue weighted by Gasteiger charge is -2.34. The van der Waals surface area contributed by atoms with Gasteiger partial charge in [0.25, 0.3) is 0 Å². The van der Waals surface area contributed by atoms with Gasteiger partial charge in [0.2, 0.25) is 10.0 Å². The minimum absolute atomic E-state index is 0.165. The molecule has 21 heavy (non-hydrogen) atoms. The van der Waals surface area contributed by atoms with E-state index in [1.54, 1.807) is 0 Å². The highest BCUT2D eigenvalue weighted by Gasteiger charge is 2.35. The van der Waals surface area contributed by atoms with Crippen molar-refractivity contribution in [2.24, 2.45) is 0 Å². The zero-order valence-corrected chi connectivity index (χ0v) is 13.2. The van der Waals surface area contributed by atoms with Gasteiger partial charge in [-0.2, -0.15) is 4.31 Å². The van der Waals surface area contributed by atoms with Gasteiger partial charge in [-0.25, -0.2) is 12.8 Å². The third-order valence-electron chi connectivity index (χ3n) is 4.10. The molecule has 1 aliphatic carbocycles. The first-order chi connectivity index (χ1) is 10.0. The van der Waals surface area contributed by atoms with E-state index in [4.69, 9.17) is 11.6 Å². The number of benzene rings is 1. The van der Waals surface area contributed by atoms with E-state index < -0.39 is 15.8 Å². The van der Waals surface area contributed by atoms with Gasteiger partial charge in [0, 0.05) is 38.1 Å². The molecule has 0 N–H and O–H groups in total. The fraction of sp³-hybridized carbons (Fsp3) is 0.571. The molecule has 4 nitrogen and oxygen atoms in total. The predicted molar refractivity (Wildman–Crippen MR) is 79.3 cm³/mol. The number of alkyl halides is 1. The van der Waals surface area contributed by atoms with Gasteiger partial charge in [0.15, 0.2) is 0 Å². The third kappa shape index (κ3) is 3.08. The minimum Gasteiger partial charge on any atom is -0.298 e. The number of piperazine rings is 1. The number of hydrogen-bond donors (Lipinski definition) is 0. The Kier molecular flexibility index (Phi) is 4.23. The van der Waals surface area contributed by atoms with Crippen molar-refractivity contribution in [3.63, 3.8) is 0 Å². The summed E-state index contributed by atoms with van der Waals surface area (Å²) in [6.45, 7) is 2.29. The van der Waals surface area contributed by atoms with Crippen LogP contribution in [0.1, 0.15) is 18.4 Å². The van der Waals surface area contributed by atoms with Gasteiger partial charge in [0.05, 0.1) is 0 Å². The fourth-order valence-corrected chi connectivity index (χ4v) is 4.42. The normalized spacial score (nSPS) is 21.6. The van der Waals surface area contributed by atoms with Gasteiger partial charge < -0.3 is 0 Å². The first-order valence-electron chi connectivity index (χ1n) is 7.11. The highest BCUT2D eigenvalue weighted by molar-refractivity contribution is 7.89. The average molecular weight is 333 g/mol. The lowest BCUT2D eigenvalue weighted by molar-refractivity contribution is 0.180. The maximum Gasteiger partial charge on any atom is 0.246 e. The van der Waals surface area contributed by atoms with Gasteiger partial charge in [-0.1, -0.05) is 6.07 Å². The van der Waals surface area contributed by atoms with Crippen molar-refractivity contribution in [1.29, 1.82) is 0 Å².